The highest BCUT2D eigenvalue weighted by Crippen LogP contribution is 2.26. The standard InChI is InChI=1S/C23H30F2N2O2/c1-16-17(2)23(29-3)7-5-19(16)14-27-10-9-26(15-20(27)8-11-28)13-18-4-6-21(24)22(25)12-18/h4-7,12,20,28H,8-11,13-15H2,1-3H3. The molecule has 29 heavy (non-hydrogen) atoms. The molecule has 0 spiro atoms. The van der Waals surface area contributed by atoms with E-state index in [9.17, 15) is 13.9 Å². The molecule has 0 radical (unpaired) electrons. The van der Waals surface area contributed by atoms with Crippen LogP contribution < -0.4 is 4.74 Å². The minimum Gasteiger partial charge on any atom is -0.496 e. The average molecular weight is 405 g/mol. The molecule has 6 heteroatoms. The Morgan fingerprint density at radius 2 is 1.83 bits per heavy atom. The van der Waals surface area contributed by atoms with Crippen molar-refractivity contribution in [2.45, 2.75) is 39.4 Å². The largest absolute Gasteiger partial charge is 0.496 e. The summed E-state index contributed by atoms with van der Waals surface area (Å²) in [6.07, 6.45) is 0.683. The van der Waals surface area contributed by atoms with Crippen molar-refractivity contribution in [3.8, 4) is 5.75 Å². The fourth-order valence-corrected chi connectivity index (χ4v) is 4.09. The first-order valence-electron chi connectivity index (χ1n) is 10.1. The topological polar surface area (TPSA) is 35.9 Å². The van der Waals surface area contributed by atoms with Crippen LogP contribution in [-0.4, -0.2) is 54.3 Å². The summed E-state index contributed by atoms with van der Waals surface area (Å²) in [5.41, 5.74) is 4.42. The lowest BCUT2D eigenvalue weighted by Gasteiger charge is -2.41. The second-order valence-electron chi connectivity index (χ2n) is 7.80. The molecule has 1 atom stereocenters. The summed E-state index contributed by atoms with van der Waals surface area (Å²) < 4.78 is 32.1. The maximum atomic E-state index is 13.5. The predicted molar refractivity (Wildman–Crippen MR) is 110 cm³/mol. The average Bonchev–Trinajstić information content (AvgIpc) is 2.70. The molecule has 1 N–H and O–H groups in total. The van der Waals surface area contributed by atoms with Crippen LogP contribution in [0, 0.1) is 25.5 Å². The number of nitrogens with zero attached hydrogens (tertiary/aromatic N) is 2. The number of hydrogen-bond acceptors (Lipinski definition) is 4. The summed E-state index contributed by atoms with van der Waals surface area (Å²) in [5.74, 6) is -0.727. The van der Waals surface area contributed by atoms with E-state index in [0.717, 1.165) is 43.1 Å². The molecule has 0 aromatic heterocycles. The first-order valence-corrected chi connectivity index (χ1v) is 10.1. The maximum Gasteiger partial charge on any atom is 0.159 e. The van der Waals surface area contributed by atoms with Crippen molar-refractivity contribution < 1.29 is 18.6 Å². The molecule has 1 saturated heterocycles. The van der Waals surface area contributed by atoms with Gasteiger partial charge in [0.15, 0.2) is 11.6 Å². The quantitative estimate of drug-likeness (QED) is 0.764. The van der Waals surface area contributed by atoms with Gasteiger partial charge in [0.1, 0.15) is 5.75 Å². The van der Waals surface area contributed by atoms with Crippen LogP contribution in [0.4, 0.5) is 8.78 Å². The molecule has 1 fully saturated rings. The summed E-state index contributed by atoms with van der Waals surface area (Å²) in [6, 6.07) is 8.42. The highest BCUT2D eigenvalue weighted by molar-refractivity contribution is 5.43. The van der Waals surface area contributed by atoms with Gasteiger partial charge in [-0.3, -0.25) is 9.80 Å². The summed E-state index contributed by atoms with van der Waals surface area (Å²) in [7, 11) is 1.69. The van der Waals surface area contributed by atoms with Crippen LogP contribution in [-0.2, 0) is 13.1 Å². The van der Waals surface area contributed by atoms with Gasteiger partial charge in [-0.15, -0.1) is 0 Å². The number of ether oxygens (including phenoxy) is 1. The Bertz CT molecular complexity index is 844. The Kier molecular flexibility index (Phi) is 7.22. The van der Waals surface area contributed by atoms with Gasteiger partial charge < -0.3 is 9.84 Å². The van der Waals surface area contributed by atoms with Crippen LogP contribution >= 0.6 is 0 Å². The van der Waals surface area contributed by atoms with Gasteiger partial charge in [-0.25, -0.2) is 8.78 Å². The summed E-state index contributed by atoms with van der Waals surface area (Å²) in [6.45, 7) is 8.20. The van der Waals surface area contributed by atoms with Crippen LogP contribution in [0.5, 0.6) is 5.75 Å². The summed E-state index contributed by atoms with van der Waals surface area (Å²) >= 11 is 0. The first-order chi connectivity index (χ1) is 13.9. The molecule has 1 aliphatic heterocycles. The molecule has 1 heterocycles. The lowest BCUT2D eigenvalue weighted by atomic mass is 10.00. The molecular weight excluding hydrogens is 374 g/mol. The van der Waals surface area contributed by atoms with E-state index in [1.54, 1.807) is 13.2 Å². The number of benzene rings is 2. The Morgan fingerprint density at radius 3 is 2.52 bits per heavy atom. The molecule has 158 valence electrons. The Morgan fingerprint density at radius 1 is 1.03 bits per heavy atom. The van der Waals surface area contributed by atoms with Gasteiger partial charge in [-0.2, -0.15) is 0 Å². The van der Waals surface area contributed by atoms with Crippen molar-refractivity contribution in [1.29, 1.82) is 0 Å². The molecule has 2 aromatic carbocycles. The van der Waals surface area contributed by atoms with E-state index in [4.69, 9.17) is 4.74 Å². The summed E-state index contributed by atoms with van der Waals surface area (Å²) in [5, 5.41) is 9.56. The highest BCUT2D eigenvalue weighted by atomic mass is 19.2. The molecule has 2 aromatic rings. The minimum atomic E-state index is -0.818. The van der Waals surface area contributed by atoms with Gasteiger partial charge in [-0.1, -0.05) is 12.1 Å². The van der Waals surface area contributed by atoms with Gasteiger partial charge in [-0.05, 0) is 60.7 Å². The number of piperazine rings is 1. The smallest absolute Gasteiger partial charge is 0.159 e. The molecule has 1 unspecified atom stereocenters. The molecule has 0 bridgehead atoms. The van der Waals surface area contributed by atoms with E-state index in [-0.39, 0.29) is 12.6 Å². The number of methoxy groups -OCH3 is 1. The molecular formula is C23H30F2N2O2. The van der Waals surface area contributed by atoms with Gasteiger partial charge in [0.2, 0.25) is 0 Å². The fourth-order valence-electron chi connectivity index (χ4n) is 4.09. The third kappa shape index (κ3) is 5.13. The van der Waals surface area contributed by atoms with E-state index in [1.165, 1.54) is 23.3 Å². The molecule has 4 nitrogen and oxygen atoms in total. The lowest BCUT2D eigenvalue weighted by molar-refractivity contribution is 0.0498. The van der Waals surface area contributed by atoms with Gasteiger partial charge in [0, 0.05) is 45.4 Å². The van der Waals surface area contributed by atoms with Crippen molar-refractivity contribution in [3.05, 3.63) is 64.2 Å². The van der Waals surface area contributed by atoms with Gasteiger partial charge in [0.05, 0.1) is 7.11 Å². The molecule has 1 aliphatic rings. The number of hydrogen-bond donors (Lipinski definition) is 1. The van der Waals surface area contributed by atoms with Crippen LogP contribution in [0.25, 0.3) is 0 Å². The number of aliphatic hydroxyl groups excluding tert-OH is 1. The molecule has 0 aliphatic carbocycles. The number of halogens is 2. The first kappa shape index (κ1) is 21.7. The third-order valence-corrected chi connectivity index (χ3v) is 5.98. The van der Waals surface area contributed by atoms with E-state index in [0.29, 0.717) is 13.0 Å². The van der Waals surface area contributed by atoms with Crippen LogP contribution in [0.1, 0.15) is 28.7 Å². The van der Waals surface area contributed by atoms with Gasteiger partial charge in [0.25, 0.3) is 0 Å². The second kappa shape index (κ2) is 9.65. The highest BCUT2D eigenvalue weighted by Gasteiger charge is 2.27. The second-order valence-corrected chi connectivity index (χ2v) is 7.80. The molecule has 3 rings (SSSR count). The number of aliphatic hydroxyl groups is 1. The van der Waals surface area contributed by atoms with Crippen molar-refractivity contribution in [2.75, 3.05) is 33.4 Å². The zero-order chi connectivity index (χ0) is 21.0. The van der Waals surface area contributed by atoms with Crippen LogP contribution in [0.15, 0.2) is 30.3 Å². The lowest BCUT2D eigenvalue weighted by Crippen LogP contribution is -2.52. The fraction of sp³-hybridized carbons (Fsp3) is 0.478. The zero-order valence-electron chi connectivity index (χ0n) is 17.4. The maximum absolute atomic E-state index is 13.5. The predicted octanol–water partition coefficient (Wildman–Crippen LogP) is 3.66. The van der Waals surface area contributed by atoms with Gasteiger partial charge >= 0.3 is 0 Å². The van der Waals surface area contributed by atoms with Crippen LogP contribution in [0.2, 0.25) is 0 Å². The Hall–Kier alpha value is -2.02. The van der Waals surface area contributed by atoms with E-state index in [2.05, 4.69) is 29.7 Å². The minimum absolute atomic E-state index is 0.126. The monoisotopic (exact) mass is 404 g/mol. The zero-order valence-corrected chi connectivity index (χ0v) is 17.4. The molecule has 0 saturated carbocycles. The Labute approximate surface area is 171 Å². The molecule has 0 amide bonds. The van der Waals surface area contributed by atoms with Crippen molar-refractivity contribution in [1.82, 2.24) is 9.80 Å². The van der Waals surface area contributed by atoms with Crippen LogP contribution in [0.3, 0.4) is 0 Å². The number of rotatable bonds is 7. The van der Waals surface area contributed by atoms with Crippen molar-refractivity contribution in [3.63, 3.8) is 0 Å². The SMILES string of the molecule is COc1ccc(CN2CCN(Cc3ccc(F)c(F)c3)CC2CCO)c(C)c1C. The summed E-state index contributed by atoms with van der Waals surface area (Å²) in [4.78, 5) is 4.65. The normalized spacial score (nSPS) is 18.2. The Balaban J connectivity index is 1.69. The third-order valence-electron chi connectivity index (χ3n) is 5.98. The van der Waals surface area contributed by atoms with Crippen molar-refractivity contribution in [2.24, 2.45) is 0 Å². The van der Waals surface area contributed by atoms with E-state index < -0.39 is 11.6 Å². The van der Waals surface area contributed by atoms with E-state index >= 15 is 0 Å². The van der Waals surface area contributed by atoms with E-state index in [1.807, 2.05) is 6.07 Å². The van der Waals surface area contributed by atoms with Crippen molar-refractivity contribution >= 4 is 0 Å².